The van der Waals surface area contributed by atoms with Crippen molar-refractivity contribution < 1.29 is 91.6 Å². The van der Waals surface area contributed by atoms with Crippen molar-refractivity contribution in [3.63, 3.8) is 0 Å². The lowest BCUT2D eigenvalue weighted by molar-refractivity contribution is -0.398. The highest BCUT2D eigenvalue weighted by Crippen LogP contribution is 2.55. The summed E-state index contributed by atoms with van der Waals surface area (Å²) in [5.41, 5.74) is 0. The van der Waals surface area contributed by atoms with Crippen molar-refractivity contribution in [3.05, 3.63) is 0 Å². The van der Waals surface area contributed by atoms with E-state index in [1.165, 1.54) is 0 Å². The van der Waals surface area contributed by atoms with Gasteiger partial charge >= 0.3 is 51.2 Å². The molecule has 0 aromatic heterocycles. The lowest BCUT2D eigenvalue weighted by atomic mass is 10.1. The zero-order valence-electron chi connectivity index (χ0n) is 13.8. The van der Waals surface area contributed by atoms with Gasteiger partial charge in [0, 0.05) is 0 Å². The first-order valence-corrected chi connectivity index (χ1v) is 8.12. The van der Waals surface area contributed by atoms with Gasteiger partial charge in [0.15, 0.2) is 0 Å². The summed E-state index contributed by atoms with van der Waals surface area (Å²) < 4.78 is 251. The summed E-state index contributed by atoms with van der Waals surface area (Å²) in [6.45, 7) is -4.20. The van der Waals surface area contributed by atoms with Crippen molar-refractivity contribution in [2.75, 3.05) is 6.61 Å². The second-order valence-electron chi connectivity index (χ2n) is 5.52. The van der Waals surface area contributed by atoms with E-state index < -0.39 is 70.4 Å². The Kier molecular flexibility index (Phi) is 7.81. The van der Waals surface area contributed by atoms with Gasteiger partial charge in [0.1, 0.15) is 6.61 Å². The number of hydrogen-bond acceptors (Lipinski definition) is 3. The third-order valence-corrected chi connectivity index (χ3v) is 4.58. The van der Waals surface area contributed by atoms with Crippen LogP contribution in [0.2, 0.25) is 0 Å². The second kappa shape index (κ2) is 8.15. The summed E-state index contributed by atoms with van der Waals surface area (Å²) in [5.74, 6) is -37.6. The largest absolute Gasteiger partial charge is 0.460 e. The van der Waals surface area contributed by atoms with Gasteiger partial charge in [0.2, 0.25) is 6.17 Å². The molecule has 0 fully saturated rings. The Bertz CT molecular complexity index is 768. The number of hydrogen-bond donors (Lipinski definition) is 0. The van der Waals surface area contributed by atoms with E-state index in [4.69, 9.17) is 0 Å². The first-order chi connectivity index (χ1) is 13.6. The maximum absolute atomic E-state index is 13.3. The standard InChI is InChI=1S/C10H4F18O3S/c11-2(3(12)13)5(16,17)7(20,21)10(27,28)32(29,30)31-1-4(14,15)6(18,19)8(22,23)9(24,25)26/h2-3H,1H2. The molecule has 1 atom stereocenters. The van der Waals surface area contributed by atoms with E-state index >= 15 is 0 Å². The van der Waals surface area contributed by atoms with Crippen molar-refractivity contribution in [1.82, 2.24) is 0 Å². The number of rotatable bonds is 10. The fourth-order valence-corrected chi connectivity index (χ4v) is 2.31. The van der Waals surface area contributed by atoms with Gasteiger partial charge < -0.3 is 0 Å². The molecule has 3 nitrogen and oxygen atoms in total. The first-order valence-electron chi connectivity index (χ1n) is 6.71. The van der Waals surface area contributed by atoms with E-state index in [1.54, 1.807) is 0 Å². The molecule has 22 heteroatoms. The van der Waals surface area contributed by atoms with Crippen LogP contribution in [0.4, 0.5) is 79.0 Å². The number of halogens is 18. The van der Waals surface area contributed by atoms with Gasteiger partial charge in [-0.05, 0) is 0 Å². The summed E-state index contributed by atoms with van der Waals surface area (Å²) in [6.07, 6.45) is -18.2. The van der Waals surface area contributed by atoms with Gasteiger partial charge in [0.25, 0.3) is 6.43 Å². The summed E-state index contributed by atoms with van der Waals surface area (Å²) in [4.78, 5) is 0. The monoisotopic (exact) mass is 546 g/mol. The van der Waals surface area contributed by atoms with Crippen molar-refractivity contribution in [2.24, 2.45) is 0 Å². The van der Waals surface area contributed by atoms with E-state index in [0.717, 1.165) is 0 Å². The Morgan fingerprint density at radius 1 is 0.625 bits per heavy atom. The molecule has 0 aliphatic rings. The van der Waals surface area contributed by atoms with Crippen LogP contribution < -0.4 is 0 Å². The molecule has 32 heavy (non-hydrogen) atoms. The molecule has 0 aliphatic heterocycles. The van der Waals surface area contributed by atoms with Gasteiger partial charge in [-0.15, -0.1) is 0 Å². The summed E-state index contributed by atoms with van der Waals surface area (Å²) >= 11 is 0. The molecular weight excluding hydrogens is 542 g/mol. The van der Waals surface area contributed by atoms with Crippen LogP contribution in [0.1, 0.15) is 0 Å². The second-order valence-corrected chi connectivity index (χ2v) is 7.17. The van der Waals surface area contributed by atoms with Gasteiger partial charge in [0.05, 0.1) is 0 Å². The Labute approximate surface area is 163 Å². The molecule has 0 amide bonds. The fraction of sp³-hybridized carbons (Fsp3) is 1.00. The van der Waals surface area contributed by atoms with E-state index in [2.05, 4.69) is 4.18 Å². The third kappa shape index (κ3) is 4.52. The van der Waals surface area contributed by atoms with Crippen LogP contribution >= 0.6 is 0 Å². The molecule has 0 rings (SSSR count). The van der Waals surface area contributed by atoms with Crippen LogP contribution in [0, 0.1) is 0 Å². The molecule has 0 N–H and O–H groups in total. The molecule has 0 aliphatic carbocycles. The predicted molar refractivity (Wildman–Crippen MR) is 61.5 cm³/mol. The average molecular weight is 546 g/mol. The topological polar surface area (TPSA) is 43.4 Å². The fourth-order valence-electron chi connectivity index (χ4n) is 1.41. The van der Waals surface area contributed by atoms with Crippen LogP contribution in [-0.2, 0) is 14.3 Å². The minimum absolute atomic E-state index is 2.14. The maximum atomic E-state index is 13.3. The normalized spacial score (nSPS) is 17.1. The van der Waals surface area contributed by atoms with E-state index in [-0.39, 0.29) is 0 Å². The Morgan fingerprint density at radius 3 is 1.31 bits per heavy atom. The highest BCUT2D eigenvalue weighted by molar-refractivity contribution is 7.87. The lowest BCUT2D eigenvalue weighted by Gasteiger charge is -2.35. The molecule has 0 saturated heterocycles. The highest BCUT2D eigenvalue weighted by Gasteiger charge is 2.83. The van der Waals surface area contributed by atoms with E-state index in [9.17, 15) is 87.4 Å². The van der Waals surface area contributed by atoms with Crippen molar-refractivity contribution in [3.8, 4) is 0 Å². The molecule has 0 spiro atoms. The zero-order chi connectivity index (χ0) is 26.6. The highest BCUT2D eigenvalue weighted by atomic mass is 32.2. The summed E-state index contributed by atoms with van der Waals surface area (Å²) in [7, 11) is -8.15. The molecule has 1 unspecified atom stereocenters. The van der Waals surface area contributed by atoms with Gasteiger partial charge in [-0.1, -0.05) is 0 Å². The van der Waals surface area contributed by atoms with Crippen LogP contribution in [0.25, 0.3) is 0 Å². The lowest BCUT2D eigenvalue weighted by Crippen LogP contribution is -2.64. The Balaban J connectivity index is 6.12. The molecule has 0 radical (unpaired) electrons. The van der Waals surface area contributed by atoms with E-state index in [0.29, 0.717) is 0 Å². The SMILES string of the molecule is O=S(=O)(OCC(F)(F)C(F)(F)C(F)(F)C(F)(F)F)C(F)(F)C(F)(F)C(F)(F)C(F)C(F)F. The van der Waals surface area contributed by atoms with Gasteiger partial charge in [-0.25, -0.2) is 13.2 Å². The van der Waals surface area contributed by atoms with Crippen molar-refractivity contribution in [2.45, 2.75) is 53.6 Å². The van der Waals surface area contributed by atoms with Crippen LogP contribution in [0.15, 0.2) is 0 Å². The van der Waals surface area contributed by atoms with E-state index in [1.807, 2.05) is 0 Å². The van der Waals surface area contributed by atoms with Crippen LogP contribution in [0.5, 0.6) is 0 Å². The summed E-state index contributed by atoms with van der Waals surface area (Å²) in [6, 6.07) is 0. The average Bonchev–Trinajstić information content (AvgIpc) is 2.57. The third-order valence-electron chi connectivity index (χ3n) is 3.27. The molecule has 194 valence electrons. The molecule has 0 aromatic rings. The summed E-state index contributed by atoms with van der Waals surface area (Å²) in [5, 5.41) is -7.69. The van der Waals surface area contributed by atoms with Gasteiger partial charge in [-0.2, -0.15) is 74.3 Å². The maximum Gasteiger partial charge on any atom is 0.460 e. The molecule has 0 bridgehead atoms. The Hall–Kier alpha value is -1.35. The zero-order valence-corrected chi connectivity index (χ0v) is 14.6. The smallest absolute Gasteiger partial charge is 0.259 e. The van der Waals surface area contributed by atoms with Crippen molar-refractivity contribution >= 4 is 10.1 Å². The predicted octanol–water partition coefficient (Wildman–Crippen LogP) is 5.27. The minimum atomic E-state index is -8.15. The van der Waals surface area contributed by atoms with Crippen LogP contribution in [-0.4, -0.2) is 68.7 Å². The number of alkyl halides is 18. The minimum Gasteiger partial charge on any atom is -0.259 e. The van der Waals surface area contributed by atoms with Crippen molar-refractivity contribution in [1.29, 1.82) is 0 Å². The molecule has 0 heterocycles. The first kappa shape index (κ1) is 30.6. The molecule has 0 saturated carbocycles. The van der Waals surface area contributed by atoms with Gasteiger partial charge in [-0.3, -0.25) is 4.18 Å². The Morgan fingerprint density at radius 2 is 1.00 bits per heavy atom. The van der Waals surface area contributed by atoms with Crippen LogP contribution in [0.3, 0.4) is 0 Å². The molecular formula is C10H4F18O3S. The quantitative estimate of drug-likeness (QED) is 0.277. The molecule has 0 aromatic carbocycles.